The first-order valence-electron chi connectivity index (χ1n) is 10.7. The molecule has 0 aromatic heterocycles. The van der Waals surface area contributed by atoms with E-state index in [1.54, 1.807) is 12.1 Å². The van der Waals surface area contributed by atoms with Crippen molar-refractivity contribution in [3.8, 4) is 11.5 Å². The molecular formula is C24H32O2P+. The van der Waals surface area contributed by atoms with Gasteiger partial charge in [0.2, 0.25) is 0 Å². The number of benzene rings is 2. The third kappa shape index (κ3) is 3.49. The van der Waals surface area contributed by atoms with Crippen LogP contribution in [0.3, 0.4) is 0 Å². The molecule has 2 aromatic carbocycles. The Morgan fingerprint density at radius 1 is 0.667 bits per heavy atom. The van der Waals surface area contributed by atoms with E-state index >= 15 is 0 Å². The lowest BCUT2D eigenvalue weighted by Crippen LogP contribution is -2.40. The zero-order chi connectivity index (χ0) is 18.7. The Kier molecular flexibility index (Phi) is 5.74. The van der Waals surface area contributed by atoms with Crippen LogP contribution in [0.25, 0.3) is 0 Å². The van der Waals surface area contributed by atoms with Crippen LogP contribution < -0.4 is 10.6 Å². The Hall–Kier alpha value is -1.53. The number of phenols is 2. The second-order valence-corrected chi connectivity index (χ2v) is 12.4. The standard InChI is InChI=1S/C24H31O2P/c25-19-16-17-23(26)24(18-19)27(20-10-4-1-5-11-20,21-12-6-2-7-13-21)22-14-8-3-9-15-22/h1,4-5,10-11,16-18,21-22H,2-3,6-9,12-15H2,(H-,25,26)/p+1. The van der Waals surface area contributed by atoms with E-state index in [9.17, 15) is 10.2 Å². The second kappa shape index (κ2) is 8.23. The molecule has 0 bridgehead atoms. The van der Waals surface area contributed by atoms with Crippen molar-refractivity contribution in [3.63, 3.8) is 0 Å². The van der Waals surface area contributed by atoms with Gasteiger partial charge in [-0.15, -0.1) is 0 Å². The normalized spacial score (nSPS) is 19.9. The van der Waals surface area contributed by atoms with Crippen LogP contribution in [0.1, 0.15) is 64.2 Å². The molecule has 2 fully saturated rings. The van der Waals surface area contributed by atoms with Crippen molar-refractivity contribution in [2.75, 3.05) is 0 Å². The van der Waals surface area contributed by atoms with Crippen LogP contribution in [0.2, 0.25) is 0 Å². The summed E-state index contributed by atoms with van der Waals surface area (Å²) in [6.45, 7) is 0. The molecule has 0 amide bonds. The Labute approximate surface area is 164 Å². The second-order valence-electron chi connectivity index (χ2n) is 8.37. The summed E-state index contributed by atoms with van der Waals surface area (Å²) in [4.78, 5) is 0. The summed E-state index contributed by atoms with van der Waals surface area (Å²) in [7, 11) is -1.83. The molecular weight excluding hydrogens is 351 g/mol. The number of hydrogen-bond donors (Lipinski definition) is 2. The summed E-state index contributed by atoms with van der Waals surface area (Å²) in [5.74, 6) is 0.677. The molecule has 2 nitrogen and oxygen atoms in total. The van der Waals surface area contributed by atoms with Crippen LogP contribution in [0, 0.1) is 0 Å². The maximum Gasteiger partial charge on any atom is 0.158 e. The average Bonchev–Trinajstić information content (AvgIpc) is 2.73. The first-order chi connectivity index (χ1) is 13.2. The van der Waals surface area contributed by atoms with Gasteiger partial charge in [0.1, 0.15) is 11.1 Å². The molecule has 0 atom stereocenters. The van der Waals surface area contributed by atoms with Crippen LogP contribution >= 0.6 is 7.26 Å². The minimum absolute atomic E-state index is 0.287. The lowest BCUT2D eigenvalue weighted by molar-refractivity contribution is 0.461. The van der Waals surface area contributed by atoms with Crippen molar-refractivity contribution in [1.29, 1.82) is 0 Å². The smallest absolute Gasteiger partial charge is 0.158 e. The first-order valence-corrected chi connectivity index (χ1v) is 12.6. The Morgan fingerprint density at radius 3 is 1.78 bits per heavy atom. The highest BCUT2D eigenvalue weighted by Gasteiger charge is 2.57. The average molecular weight is 383 g/mol. The quantitative estimate of drug-likeness (QED) is 0.523. The van der Waals surface area contributed by atoms with Crippen molar-refractivity contribution >= 4 is 17.9 Å². The van der Waals surface area contributed by atoms with Gasteiger partial charge in [-0.1, -0.05) is 31.0 Å². The third-order valence-corrected chi connectivity index (χ3v) is 12.5. The molecule has 4 rings (SSSR count). The Morgan fingerprint density at radius 2 is 1.22 bits per heavy atom. The van der Waals surface area contributed by atoms with Crippen molar-refractivity contribution in [2.45, 2.75) is 75.5 Å². The molecule has 2 saturated carbocycles. The van der Waals surface area contributed by atoms with Gasteiger partial charge in [0.25, 0.3) is 0 Å². The summed E-state index contributed by atoms with van der Waals surface area (Å²) in [5, 5.41) is 23.9. The molecule has 2 N–H and O–H groups in total. The maximum atomic E-state index is 11.0. The molecule has 0 heterocycles. The number of aromatic hydroxyl groups is 2. The van der Waals surface area contributed by atoms with Crippen molar-refractivity contribution < 1.29 is 10.2 Å². The van der Waals surface area contributed by atoms with E-state index in [0.29, 0.717) is 17.1 Å². The molecule has 2 aliphatic carbocycles. The van der Waals surface area contributed by atoms with Crippen LogP contribution in [0.15, 0.2) is 48.5 Å². The molecule has 0 spiro atoms. The van der Waals surface area contributed by atoms with Gasteiger partial charge in [-0.2, -0.15) is 0 Å². The molecule has 3 heteroatoms. The zero-order valence-electron chi connectivity index (χ0n) is 16.2. The molecule has 2 aliphatic rings. The first kappa shape index (κ1) is 18.8. The van der Waals surface area contributed by atoms with E-state index in [1.165, 1.54) is 69.5 Å². The fraction of sp³-hybridized carbons (Fsp3) is 0.500. The topological polar surface area (TPSA) is 40.5 Å². The fourth-order valence-corrected chi connectivity index (χ4v) is 12.0. The summed E-state index contributed by atoms with van der Waals surface area (Å²) in [5.41, 5.74) is 1.26. The van der Waals surface area contributed by atoms with Gasteiger partial charge in [-0.25, -0.2) is 0 Å². The van der Waals surface area contributed by atoms with E-state index in [0.717, 1.165) is 5.30 Å². The van der Waals surface area contributed by atoms with Gasteiger partial charge in [0.05, 0.1) is 23.9 Å². The van der Waals surface area contributed by atoms with Crippen LogP contribution in [-0.4, -0.2) is 21.5 Å². The summed E-state index contributed by atoms with van der Waals surface area (Å²) < 4.78 is 0. The van der Waals surface area contributed by atoms with E-state index in [2.05, 4.69) is 30.3 Å². The molecule has 27 heavy (non-hydrogen) atoms. The van der Waals surface area contributed by atoms with Crippen molar-refractivity contribution in [3.05, 3.63) is 48.5 Å². The molecule has 2 aromatic rings. The van der Waals surface area contributed by atoms with Crippen molar-refractivity contribution in [1.82, 2.24) is 0 Å². The van der Waals surface area contributed by atoms with Gasteiger partial charge in [0.15, 0.2) is 5.75 Å². The predicted octanol–water partition coefficient (Wildman–Crippen LogP) is 5.73. The number of hydrogen-bond acceptors (Lipinski definition) is 2. The highest BCUT2D eigenvalue weighted by atomic mass is 31.2. The molecule has 0 unspecified atom stereocenters. The molecule has 0 aliphatic heterocycles. The summed E-state index contributed by atoms with van der Waals surface area (Å²) in [6, 6.07) is 16.3. The van der Waals surface area contributed by atoms with Gasteiger partial charge >= 0.3 is 0 Å². The van der Waals surface area contributed by atoms with E-state index in [-0.39, 0.29) is 5.75 Å². The summed E-state index contributed by atoms with van der Waals surface area (Å²) in [6.07, 6.45) is 12.9. The van der Waals surface area contributed by atoms with E-state index in [4.69, 9.17) is 0 Å². The largest absolute Gasteiger partial charge is 0.508 e. The minimum atomic E-state index is -1.83. The monoisotopic (exact) mass is 383 g/mol. The zero-order valence-corrected chi connectivity index (χ0v) is 17.1. The number of phenolic OH excluding ortho intramolecular Hbond substituents is 2. The van der Waals surface area contributed by atoms with Gasteiger partial charge in [-0.3, -0.25) is 0 Å². The van der Waals surface area contributed by atoms with Crippen LogP contribution in [0.4, 0.5) is 0 Å². The van der Waals surface area contributed by atoms with E-state index in [1.807, 2.05) is 6.07 Å². The van der Waals surface area contributed by atoms with Gasteiger partial charge in [-0.05, 0) is 75.6 Å². The molecule has 0 saturated heterocycles. The predicted molar refractivity (Wildman–Crippen MR) is 116 cm³/mol. The van der Waals surface area contributed by atoms with E-state index < -0.39 is 7.26 Å². The fourth-order valence-electron chi connectivity index (χ4n) is 5.71. The molecule has 144 valence electrons. The maximum absolute atomic E-state index is 11.0. The lowest BCUT2D eigenvalue weighted by atomic mass is 9.99. The van der Waals surface area contributed by atoms with Gasteiger partial charge < -0.3 is 10.2 Å². The Balaban J connectivity index is 1.96. The number of rotatable bonds is 4. The minimum Gasteiger partial charge on any atom is -0.508 e. The van der Waals surface area contributed by atoms with Crippen LogP contribution in [0.5, 0.6) is 11.5 Å². The highest BCUT2D eigenvalue weighted by Crippen LogP contribution is 2.71. The molecule has 0 radical (unpaired) electrons. The highest BCUT2D eigenvalue weighted by molar-refractivity contribution is 7.90. The third-order valence-electron chi connectivity index (χ3n) is 6.84. The van der Waals surface area contributed by atoms with Gasteiger partial charge in [0, 0.05) is 6.07 Å². The van der Waals surface area contributed by atoms with Crippen molar-refractivity contribution in [2.24, 2.45) is 0 Å². The Bertz CT molecular complexity index is 728. The lowest BCUT2D eigenvalue weighted by Gasteiger charge is -2.43. The summed E-state index contributed by atoms with van der Waals surface area (Å²) >= 11 is 0. The SMILES string of the molecule is Oc1ccc(O)c([P+](c2ccccc2)(C2CCCCC2)C2CCCCC2)c1. The van der Waals surface area contributed by atoms with Crippen LogP contribution in [-0.2, 0) is 0 Å².